The Bertz CT molecular complexity index is 518. The summed E-state index contributed by atoms with van der Waals surface area (Å²) in [5.74, 6) is 1.18. The molecular weight excluding hydrogens is 244 g/mol. The molecule has 1 aromatic carbocycles. The number of carboxylic acid groups (broad SMARTS) is 1. The van der Waals surface area contributed by atoms with Gasteiger partial charge in [0.05, 0.1) is 0 Å². The van der Waals surface area contributed by atoms with Gasteiger partial charge in [-0.25, -0.2) is 9.59 Å². The lowest BCUT2D eigenvalue weighted by Crippen LogP contribution is -2.46. The van der Waals surface area contributed by atoms with Gasteiger partial charge in [-0.2, -0.15) is 0 Å². The zero-order chi connectivity index (χ0) is 14.4. The molecule has 0 aliphatic carbocycles. The van der Waals surface area contributed by atoms with Crippen molar-refractivity contribution in [3.63, 3.8) is 0 Å². The molecule has 0 aromatic heterocycles. The van der Waals surface area contributed by atoms with Crippen molar-refractivity contribution in [3.05, 3.63) is 29.8 Å². The maximum Gasteiger partial charge on any atom is 0.326 e. The van der Waals surface area contributed by atoms with E-state index in [4.69, 9.17) is 11.5 Å². The van der Waals surface area contributed by atoms with Gasteiger partial charge in [-0.05, 0) is 24.1 Å². The van der Waals surface area contributed by atoms with Crippen LogP contribution in [0.25, 0.3) is 0 Å². The quantitative estimate of drug-likeness (QED) is 0.723. The SMILES string of the molecule is C#Cc1cccc(NC(=O)N[C@H](C(=O)O)C(C)C)c1. The molecule has 0 bridgehead atoms. The van der Waals surface area contributed by atoms with E-state index in [2.05, 4.69) is 16.6 Å². The zero-order valence-electron chi connectivity index (χ0n) is 10.8. The van der Waals surface area contributed by atoms with E-state index in [9.17, 15) is 9.59 Å². The lowest BCUT2D eigenvalue weighted by atomic mass is 10.1. The molecule has 19 heavy (non-hydrogen) atoms. The fourth-order valence-corrected chi connectivity index (χ4v) is 1.51. The second-order valence-corrected chi connectivity index (χ2v) is 4.38. The Balaban J connectivity index is 2.69. The highest BCUT2D eigenvalue weighted by atomic mass is 16.4. The topological polar surface area (TPSA) is 78.4 Å². The normalized spacial score (nSPS) is 11.5. The van der Waals surface area contributed by atoms with Crippen molar-refractivity contribution in [3.8, 4) is 12.3 Å². The van der Waals surface area contributed by atoms with Gasteiger partial charge in [0.2, 0.25) is 0 Å². The first-order valence-corrected chi connectivity index (χ1v) is 5.81. The molecule has 1 aromatic rings. The molecule has 100 valence electrons. The van der Waals surface area contributed by atoms with Crippen molar-refractivity contribution in [2.45, 2.75) is 19.9 Å². The van der Waals surface area contributed by atoms with Crippen LogP contribution in [0.3, 0.4) is 0 Å². The Morgan fingerprint density at radius 3 is 2.58 bits per heavy atom. The molecule has 0 heterocycles. The van der Waals surface area contributed by atoms with Crippen molar-refractivity contribution >= 4 is 17.7 Å². The van der Waals surface area contributed by atoms with Crippen LogP contribution >= 0.6 is 0 Å². The van der Waals surface area contributed by atoms with E-state index in [1.807, 2.05) is 0 Å². The Morgan fingerprint density at radius 2 is 2.05 bits per heavy atom. The van der Waals surface area contributed by atoms with Crippen molar-refractivity contribution in [2.75, 3.05) is 5.32 Å². The minimum Gasteiger partial charge on any atom is -0.480 e. The molecule has 0 spiro atoms. The summed E-state index contributed by atoms with van der Waals surface area (Å²) in [4.78, 5) is 22.7. The molecule has 1 rings (SSSR count). The maximum absolute atomic E-state index is 11.7. The summed E-state index contributed by atoms with van der Waals surface area (Å²) in [6.07, 6.45) is 5.25. The largest absolute Gasteiger partial charge is 0.480 e. The number of urea groups is 1. The number of hydrogen-bond donors (Lipinski definition) is 3. The van der Waals surface area contributed by atoms with Gasteiger partial charge in [-0.1, -0.05) is 25.8 Å². The van der Waals surface area contributed by atoms with Gasteiger partial charge in [0.25, 0.3) is 0 Å². The number of carboxylic acids is 1. The Kier molecular flexibility index (Phi) is 4.95. The fraction of sp³-hybridized carbons (Fsp3) is 0.286. The van der Waals surface area contributed by atoms with Gasteiger partial charge in [0.15, 0.2) is 0 Å². The van der Waals surface area contributed by atoms with E-state index in [1.54, 1.807) is 38.1 Å². The highest BCUT2D eigenvalue weighted by Crippen LogP contribution is 2.10. The van der Waals surface area contributed by atoms with Crippen LogP contribution in [0, 0.1) is 18.3 Å². The van der Waals surface area contributed by atoms with Crippen LogP contribution in [0.15, 0.2) is 24.3 Å². The predicted molar refractivity (Wildman–Crippen MR) is 72.8 cm³/mol. The van der Waals surface area contributed by atoms with Gasteiger partial charge in [0.1, 0.15) is 6.04 Å². The van der Waals surface area contributed by atoms with E-state index in [0.717, 1.165) is 0 Å². The second-order valence-electron chi connectivity index (χ2n) is 4.38. The van der Waals surface area contributed by atoms with Gasteiger partial charge in [-0.3, -0.25) is 0 Å². The van der Waals surface area contributed by atoms with Crippen LogP contribution in [0.4, 0.5) is 10.5 Å². The van der Waals surface area contributed by atoms with Crippen molar-refractivity contribution in [1.29, 1.82) is 0 Å². The molecule has 0 aliphatic heterocycles. The number of aliphatic carboxylic acids is 1. The summed E-state index contributed by atoms with van der Waals surface area (Å²) >= 11 is 0. The Hall–Kier alpha value is -2.48. The summed E-state index contributed by atoms with van der Waals surface area (Å²) in [7, 11) is 0. The zero-order valence-corrected chi connectivity index (χ0v) is 10.8. The van der Waals surface area contributed by atoms with Crippen LogP contribution in [-0.2, 0) is 4.79 Å². The number of carbonyl (C=O) groups excluding carboxylic acids is 1. The van der Waals surface area contributed by atoms with Crippen molar-refractivity contribution < 1.29 is 14.7 Å². The summed E-state index contributed by atoms with van der Waals surface area (Å²) in [6, 6.07) is 5.24. The Morgan fingerprint density at radius 1 is 1.37 bits per heavy atom. The second kappa shape index (κ2) is 6.45. The van der Waals surface area contributed by atoms with Crippen molar-refractivity contribution in [2.24, 2.45) is 5.92 Å². The van der Waals surface area contributed by atoms with Gasteiger partial charge in [-0.15, -0.1) is 6.42 Å². The Labute approximate surface area is 112 Å². The van der Waals surface area contributed by atoms with E-state index < -0.39 is 18.0 Å². The third-order valence-electron chi connectivity index (χ3n) is 2.51. The number of benzene rings is 1. The lowest BCUT2D eigenvalue weighted by Gasteiger charge is -2.18. The molecule has 1 atom stereocenters. The monoisotopic (exact) mass is 260 g/mol. The number of rotatable bonds is 4. The maximum atomic E-state index is 11.7. The van der Waals surface area contributed by atoms with Crippen LogP contribution in [0.5, 0.6) is 0 Å². The molecule has 0 fully saturated rings. The van der Waals surface area contributed by atoms with Gasteiger partial charge in [0, 0.05) is 11.3 Å². The van der Waals surface area contributed by atoms with Crippen LogP contribution in [-0.4, -0.2) is 23.1 Å². The first-order valence-electron chi connectivity index (χ1n) is 5.81. The molecule has 5 nitrogen and oxygen atoms in total. The minimum atomic E-state index is -1.07. The molecule has 5 heteroatoms. The number of anilines is 1. The summed E-state index contributed by atoms with van der Waals surface area (Å²) in [6.45, 7) is 3.44. The van der Waals surface area contributed by atoms with Crippen LogP contribution in [0.1, 0.15) is 19.4 Å². The van der Waals surface area contributed by atoms with Crippen LogP contribution < -0.4 is 10.6 Å². The molecular formula is C14H16N2O3. The summed E-state index contributed by atoms with van der Waals surface area (Å²) in [5.41, 5.74) is 1.15. The molecule has 3 N–H and O–H groups in total. The lowest BCUT2D eigenvalue weighted by molar-refractivity contribution is -0.140. The molecule has 0 saturated heterocycles. The number of hydrogen-bond acceptors (Lipinski definition) is 2. The van der Waals surface area contributed by atoms with Crippen LogP contribution in [0.2, 0.25) is 0 Å². The third-order valence-corrected chi connectivity index (χ3v) is 2.51. The standard InChI is InChI=1S/C14H16N2O3/c1-4-10-6-5-7-11(8-10)15-14(19)16-12(9(2)3)13(17)18/h1,5-9,12H,2-3H3,(H,17,18)(H2,15,16,19)/t12-/m0/s1. The summed E-state index contributed by atoms with van der Waals surface area (Å²) in [5, 5.41) is 13.9. The number of nitrogens with one attached hydrogen (secondary N) is 2. The van der Waals surface area contributed by atoms with E-state index in [1.165, 1.54) is 0 Å². The highest BCUT2D eigenvalue weighted by Gasteiger charge is 2.23. The van der Waals surface area contributed by atoms with Gasteiger partial charge < -0.3 is 15.7 Å². The number of amides is 2. The molecule has 0 radical (unpaired) electrons. The third kappa shape index (κ3) is 4.36. The average molecular weight is 260 g/mol. The van der Waals surface area contributed by atoms with E-state index in [-0.39, 0.29) is 5.92 Å². The fourth-order valence-electron chi connectivity index (χ4n) is 1.51. The molecule has 0 saturated carbocycles. The smallest absolute Gasteiger partial charge is 0.326 e. The van der Waals surface area contributed by atoms with E-state index >= 15 is 0 Å². The molecule has 2 amide bonds. The van der Waals surface area contributed by atoms with Crippen molar-refractivity contribution in [1.82, 2.24) is 5.32 Å². The first kappa shape index (κ1) is 14.6. The number of terminal acetylenes is 1. The number of carbonyl (C=O) groups is 2. The van der Waals surface area contributed by atoms with Gasteiger partial charge >= 0.3 is 12.0 Å². The minimum absolute atomic E-state index is 0.208. The average Bonchev–Trinajstić information content (AvgIpc) is 2.35. The molecule has 0 aliphatic rings. The van der Waals surface area contributed by atoms with E-state index in [0.29, 0.717) is 11.3 Å². The highest BCUT2D eigenvalue weighted by molar-refractivity contribution is 5.92. The summed E-state index contributed by atoms with van der Waals surface area (Å²) < 4.78 is 0. The predicted octanol–water partition coefficient (Wildman–Crippen LogP) is 1.90. The molecule has 0 unspecified atom stereocenters. The first-order chi connectivity index (χ1) is 8.93.